The number of ketones is 1. The minimum atomic E-state index is -0.727. The molecule has 0 bridgehead atoms. The highest BCUT2D eigenvalue weighted by atomic mass is 16.5. The summed E-state index contributed by atoms with van der Waals surface area (Å²) < 4.78 is 4.75. The van der Waals surface area contributed by atoms with Gasteiger partial charge in [0, 0.05) is 23.4 Å². The Balaban J connectivity index is 2.39. The summed E-state index contributed by atoms with van der Waals surface area (Å²) in [5, 5.41) is 0. The lowest BCUT2D eigenvalue weighted by Gasteiger charge is -2.27. The average molecular weight is 368 g/mol. The van der Waals surface area contributed by atoms with Crippen LogP contribution in [0.4, 0.5) is 0 Å². The van der Waals surface area contributed by atoms with Crippen molar-refractivity contribution in [3.8, 4) is 0 Å². The molecule has 27 heavy (non-hydrogen) atoms. The van der Waals surface area contributed by atoms with E-state index in [1.165, 1.54) is 12.0 Å². The maximum Gasteiger partial charge on any atom is 0.354 e. The molecule has 2 rings (SSSR count). The molecule has 6 nitrogen and oxygen atoms in total. The Morgan fingerprint density at radius 3 is 2.41 bits per heavy atom. The van der Waals surface area contributed by atoms with E-state index in [1.54, 1.807) is 51.1 Å². The molecule has 1 heterocycles. The molecule has 0 saturated heterocycles. The fourth-order valence-corrected chi connectivity index (χ4v) is 3.08. The van der Waals surface area contributed by atoms with Gasteiger partial charge in [-0.15, -0.1) is 6.58 Å². The first-order valence-electron chi connectivity index (χ1n) is 8.62. The standard InChI is InChI=1S/C21H24N2O4/c1-6-12-23(20(25)16-10-8-7-9-11-16)15(4)19(24)17-13(2)18(21(26)27-5)22-14(17)3/h6-11,15,22H,1,12H2,2-5H3/t15-/m0/s1. The number of carbonyl (C=O) groups is 3. The molecular formula is C21H24N2O4. The van der Waals surface area contributed by atoms with E-state index in [0.717, 1.165) is 0 Å². The fourth-order valence-electron chi connectivity index (χ4n) is 3.08. The third kappa shape index (κ3) is 4.00. The van der Waals surface area contributed by atoms with Gasteiger partial charge >= 0.3 is 5.97 Å². The number of H-pyrrole nitrogens is 1. The van der Waals surface area contributed by atoms with E-state index in [1.807, 2.05) is 6.07 Å². The molecule has 0 fully saturated rings. The highest BCUT2D eigenvalue weighted by Gasteiger charge is 2.31. The summed E-state index contributed by atoms with van der Waals surface area (Å²) in [4.78, 5) is 42.3. The number of carbonyl (C=O) groups excluding carboxylic acids is 3. The van der Waals surface area contributed by atoms with Crippen molar-refractivity contribution < 1.29 is 19.1 Å². The number of hydrogen-bond acceptors (Lipinski definition) is 4. The van der Waals surface area contributed by atoms with Crippen LogP contribution < -0.4 is 0 Å². The van der Waals surface area contributed by atoms with Gasteiger partial charge in [-0.05, 0) is 38.5 Å². The van der Waals surface area contributed by atoms with E-state index >= 15 is 0 Å². The van der Waals surface area contributed by atoms with E-state index in [-0.39, 0.29) is 23.9 Å². The molecule has 1 aromatic carbocycles. The topological polar surface area (TPSA) is 79.5 Å². The number of amides is 1. The summed E-state index contributed by atoms with van der Waals surface area (Å²) in [6.07, 6.45) is 1.58. The summed E-state index contributed by atoms with van der Waals surface area (Å²) >= 11 is 0. The summed E-state index contributed by atoms with van der Waals surface area (Å²) in [6.45, 7) is 9.00. The smallest absolute Gasteiger partial charge is 0.354 e. The monoisotopic (exact) mass is 368 g/mol. The molecule has 1 N–H and O–H groups in total. The van der Waals surface area contributed by atoms with Crippen LogP contribution in [0.3, 0.4) is 0 Å². The number of Topliss-reactive ketones (excluding diaryl/α,β-unsaturated/α-hetero) is 1. The van der Waals surface area contributed by atoms with Gasteiger partial charge < -0.3 is 14.6 Å². The van der Waals surface area contributed by atoms with Crippen LogP contribution in [0.25, 0.3) is 0 Å². The number of methoxy groups -OCH3 is 1. The van der Waals surface area contributed by atoms with E-state index in [9.17, 15) is 14.4 Å². The molecule has 142 valence electrons. The van der Waals surface area contributed by atoms with E-state index in [2.05, 4.69) is 11.6 Å². The second kappa shape index (κ2) is 8.49. The number of hydrogen-bond donors (Lipinski definition) is 1. The number of nitrogens with zero attached hydrogens (tertiary/aromatic N) is 1. The van der Waals surface area contributed by atoms with Crippen LogP contribution in [-0.4, -0.2) is 47.2 Å². The molecule has 0 aliphatic rings. The minimum Gasteiger partial charge on any atom is -0.464 e. The first kappa shape index (κ1) is 20.2. The van der Waals surface area contributed by atoms with Gasteiger partial charge in [-0.25, -0.2) is 4.79 Å². The van der Waals surface area contributed by atoms with Crippen molar-refractivity contribution in [3.63, 3.8) is 0 Å². The molecule has 1 amide bonds. The summed E-state index contributed by atoms with van der Waals surface area (Å²) in [5.41, 5.74) is 2.22. The highest BCUT2D eigenvalue weighted by molar-refractivity contribution is 6.07. The van der Waals surface area contributed by atoms with Crippen LogP contribution >= 0.6 is 0 Å². The van der Waals surface area contributed by atoms with Crippen molar-refractivity contribution in [1.29, 1.82) is 0 Å². The number of benzene rings is 1. The van der Waals surface area contributed by atoms with Crippen LogP contribution in [0.2, 0.25) is 0 Å². The third-order valence-electron chi connectivity index (χ3n) is 4.53. The van der Waals surface area contributed by atoms with Crippen LogP contribution in [0, 0.1) is 13.8 Å². The zero-order valence-electron chi connectivity index (χ0n) is 16.0. The molecule has 0 aliphatic heterocycles. The minimum absolute atomic E-state index is 0.229. The molecule has 0 saturated carbocycles. The Kier molecular flexibility index (Phi) is 6.34. The molecule has 0 aliphatic carbocycles. The van der Waals surface area contributed by atoms with Gasteiger partial charge in [0.15, 0.2) is 5.78 Å². The van der Waals surface area contributed by atoms with Crippen LogP contribution in [0.1, 0.15) is 49.4 Å². The predicted molar refractivity (Wildman–Crippen MR) is 103 cm³/mol. The first-order valence-corrected chi connectivity index (χ1v) is 8.62. The Hall–Kier alpha value is -3.15. The van der Waals surface area contributed by atoms with Crippen molar-refractivity contribution in [2.24, 2.45) is 0 Å². The van der Waals surface area contributed by atoms with Crippen molar-refractivity contribution in [2.75, 3.05) is 13.7 Å². The normalized spacial score (nSPS) is 11.6. The lowest BCUT2D eigenvalue weighted by Crippen LogP contribution is -2.43. The van der Waals surface area contributed by atoms with Crippen molar-refractivity contribution >= 4 is 17.7 Å². The number of nitrogens with one attached hydrogen (secondary N) is 1. The predicted octanol–water partition coefficient (Wildman–Crippen LogP) is 3.32. The molecule has 0 spiro atoms. The highest BCUT2D eigenvalue weighted by Crippen LogP contribution is 2.22. The van der Waals surface area contributed by atoms with Crippen LogP contribution in [0.15, 0.2) is 43.0 Å². The van der Waals surface area contributed by atoms with Crippen molar-refractivity contribution in [1.82, 2.24) is 9.88 Å². The molecule has 1 aromatic heterocycles. The zero-order chi connectivity index (χ0) is 20.1. The largest absolute Gasteiger partial charge is 0.464 e. The zero-order valence-corrected chi connectivity index (χ0v) is 16.0. The summed E-state index contributed by atoms with van der Waals surface area (Å²) in [7, 11) is 1.28. The molecule has 0 radical (unpaired) electrons. The SMILES string of the molecule is C=CCN(C(=O)c1ccccc1)[C@@H](C)C(=O)c1c(C)[nH]c(C(=O)OC)c1C. The van der Waals surface area contributed by atoms with Crippen molar-refractivity contribution in [3.05, 3.63) is 71.1 Å². The van der Waals surface area contributed by atoms with Gasteiger partial charge in [-0.1, -0.05) is 24.3 Å². The molecule has 0 unspecified atom stereocenters. The van der Waals surface area contributed by atoms with E-state index in [0.29, 0.717) is 22.4 Å². The Morgan fingerprint density at radius 1 is 1.22 bits per heavy atom. The van der Waals surface area contributed by atoms with Crippen molar-refractivity contribution in [2.45, 2.75) is 26.8 Å². The van der Waals surface area contributed by atoms with Gasteiger partial charge in [0.05, 0.1) is 13.2 Å². The quantitative estimate of drug-likeness (QED) is 0.462. The lowest BCUT2D eigenvalue weighted by molar-refractivity contribution is 0.0593. The van der Waals surface area contributed by atoms with Gasteiger partial charge in [0.1, 0.15) is 5.69 Å². The van der Waals surface area contributed by atoms with E-state index in [4.69, 9.17) is 4.74 Å². The maximum atomic E-state index is 13.2. The first-order chi connectivity index (χ1) is 12.8. The van der Waals surface area contributed by atoms with Gasteiger partial charge in [-0.3, -0.25) is 9.59 Å². The average Bonchev–Trinajstić information content (AvgIpc) is 2.98. The van der Waals surface area contributed by atoms with Gasteiger partial charge in [0.2, 0.25) is 0 Å². The number of ether oxygens (including phenoxy) is 1. The Labute approximate surface area is 158 Å². The number of aromatic nitrogens is 1. The molecule has 6 heteroatoms. The van der Waals surface area contributed by atoms with Crippen LogP contribution in [-0.2, 0) is 4.74 Å². The molecule has 2 aromatic rings. The van der Waals surface area contributed by atoms with Crippen LogP contribution in [0.5, 0.6) is 0 Å². The third-order valence-corrected chi connectivity index (χ3v) is 4.53. The van der Waals surface area contributed by atoms with Gasteiger partial charge in [-0.2, -0.15) is 0 Å². The lowest BCUT2D eigenvalue weighted by atomic mass is 9.99. The number of aromatic amines is 1. The molecule has 1 atom stereocenters. The molecular weight excluding hydrogens is 344 g/mol. The summed E-state index contributed by atoms with van der Waals surface area (Å²) in [5.74, 6) is -1.04. The van der Waals surface area contributed by atoms with E-state index < -0.39 is 12.0 Å². The Bertz CT molecular complexity index is 868. The maximum absolute atomic E-state index is 13.2. The summed E-state index contributed by atoms with van der Waals surface area (Å²) in [6, 6.07) is 8.05. The Morgan fingerprint density at radius 2 is 1.85 bits per heavy atom. The number of rotatable bonds is 7. The number of aryl methyl sites for hydroxylation is 1. The second-order valence-corrected chi connectivity index (χ2v) is 6.27. The second-order valence-electron chi connectivity index (χ2n) is 6.27. The fraction of sp³-hybridized carbons (Fsp3) is 0.286. The number of esters is 1. The van der Waals surface area contributed by atoms with Gasteiger partial charge in [0.25, 0.3) is 5.91 Å².